The summed E-state index contributed by atoms with van der Waals surface area (Å²) in [6.45, 7) is 4.22. The van der Waals surface area contributed by atoms with E-state index in [0.29, 0.717) is 39.1 Å². The number of hydrogen-bond acceptors (Lipinski definition) is 4. The number of carbonyl (C=O) groups excluding carboxylic acids is 2. The number of likely N-dealkylation sites (tertiary alicyclic amines) is 1. The first-order chi connectivity index (χ1) is 12.1. The van der Waals surface area contributed by atoms with E-state index in [4.69, 9.17) is 9.47 Å². The van der Waals surface area contributed by atoms with Crippen LogP contribution in [0.25, 0.3) is 0 Å². The minimum absolute atomic E-state index is 0.0361. The highest BCUT2D eigenvalue weighted by Crippen LogP contribution is 2.27. The summed E-state index contributed by atoms with van der Waals surface area (Å²) < 4.78 is 11.1. The number of benzene rings is 1. The molecule has 0 spiro atoms. The third-order valence-corrected chi connectivity index (χ3v) is 5.00. The third-order valence-electron chi connectivity index (χ3n) is 5.00. The molecule has 2 unspecified atom stereocenters. The molecule has 6 heteroatoms. The van der Waals surface area contributed by atoms with Crippen molar-refractivity contribution in [1.29, 1.82) is 0 Å². The summed E-state index contributed by atoms with van der Waals surface area (Å²) >= 11 is 0. The Bertz CT molecular complexity index is 634. The molecular weight excluding hydrogens is 320 g/mol. The molecule has 2 aliphatic heterocycles. The van der Waals surface area contributed by atoms with Crippen LogP contribution in [-0.4, -0.2) is 61.0 Å². The molecule has 0 aromatic heterocycles. The number of ether oxygens (including phenoxy) is 2. The molecule has 136 valence electrons. The van der Waals surface area contributed by atoms with Crippen molar-refractivity contribution in [3.63, 3.8) is 0 Å². The lowest BCUT2D eigenvalue weighted by Gasteiger charge is -2.37. The number of methoxy groups -OCH3 is 1. The Kier molecular flexibility index (Phi) is 5.58. The van der Waals surface area contributed by atoms with Gasteiger partial charge in [-0.15, -0.1) is 0 Å². The van der Waals surface area contributed by atoms with Gasteiger partial charge in [-0.2, -0.15) is 0 Å². The van der Waals surface area contributed by atoms with Crippen molar-refractivity contribution in [2.45, 2.75) is 38.3 Å². The Hall–Kier alpha value is -2.08. The second kappa shape index (κ2) is 7.87. The molecular formula is C19H26N2O4. The lowest BCUT2D eigenvalue weighted by molar-refractivity contribution is -0.149. The SMILES string of the molecule is CCC(C(=O)N1CCOC(c2cccc(OC)c2)C1)N1CCCC1=O. The standard InChI is InChI=1S/C19H26N2O4/c1-3-16(21-9-5-8-18(21)22)19(23)20-10-11-25-17(13-20)14-6-4-7-15(12-14)24-2/h4,6-7,12,16-17H,3,5,8-11,13H2,1-2H3. The molecule has 0 bridgehead atoms. The van der Waals surface area contributed by atoms with Gasteiger partial charge in [0.2, 0.25) is 11.8 Å². The Morgan fingerprint density at radius 2 is 2.24 bits per heavy atom. The molecule has 0 saturated carbocycles. The van der Waals surface area contributed by atoms with E-state index >= 15 is 0 Å². The van der Waals surface area contributed by atoms with Crippen molar-refractivity contribution < 1.29 is 19.1 Å². The van der Waals surface area contributed by atoms with Gasteiger partial charge >= 0.3 is 0 Å². The number of rotatable bonds is 5. The van der Waals surface area contributed by atoms with Crippen molar-refractivity contribution in [3.8, 4) is 5.75 Å². The van der Waals surface area contributed by atoms with Gasteiger partial charge in [0.1, 0.15) is 17.9 Å². The second-order valence-corrected chi connectivity index (χ2v) is 6.54. The smallest absolute Gasteiger partial charge is 0.245 e. The molecule has 2 saturated heterocycles. The number of hydrogen-bond donors (Lipinski definition) is 0. The summed E-state index contributed by atoms with van der Waals surface area (Å²) in [4.78, 5) is 28.6. The van der Waals surface area contributed by atoms with Gasteiger partial charge < -0.3 is 19.3 Å². The first-order valence-electron chi connectivity index (χ1n) is 8.97. The lowest BCUT2D eigenvalue weighted by Crippen LogP contribution is -2.52. The van der Waals surface area contributed by atoms with E-state index in [0.717, 1.165) is 17.7 Å². The van der Waals surface area contributed by atoms with Crippen LogP contribution in [-0.2, 0) is 14.3 Å². The predicted octanol–water partition coefficient (Wildman–Crippen LogP) is 2.00. The van der Waals surface area contributed by atoms with E-state index in [-0.39, 0.29) is 24.0 Å². The van der Waals surface area contributed by atoms with Crippen LogP contribution in [0.15, 0.2) is 24.3 Å². The van der Waals surface area contributed by atoms with E-state index < -0.39 is 0 Å². The van der Waals surface area contributed by atoms with Crippen LogP contribution in [0, 0.1) is 0 Å². The Morgan fingerprint density at radius 3 is 2.92 bits per heavy atom. The van der Waals surface area contributed by atoms with E-state index in [9.17, 15) is 9.59 Å². The maximum absolute atomic E-state index is 13.0. The Morgan fingerprint density at radius 1 is 1.40 bits per heavy atom. The van der Waals surface area contributed by atoms with Gasteiger partial charge in [-0.25, -0.2) is 0 Å². The lowest BCUT2D eigenvalue weighted by atomic mass is 10.1. The largest absolute Gasteiger partial charge is 0.497 e. The Labute approximate surface area is 148 Å². The molecule has 2 amide bonds. The fourth-order valence-electron chi connectivity index (χ4n) is 3.63. The van der Waals surface area contributed by atoms with Crippen LogP contribution < -0.4 is 4.74 Å². The molecule has 25 heavy (non-hydrogen) atoms. The topological polar surface area (TPSA) is 59.1 Å². The van der Waals surface area contributed by atoms with E-state index in [1.54, 1.807) is 12.0 Å². The molecule has 3 rings (SSSR count). The van der Waals surface area contributed by atoms with E-state index in [1.165, 1.54) is 0 Å². The zero-order valence-electron chi connectivity index (χ0n) is 14.9. The molecule has 0 N–H and O–H groups in total. The fraction of sp³-hybridized carbons (Fsp3) is 0.579. The van der Waals surface area contributed by atoms with Crippen molar-refractivity contribution >= 4 is 11.8 Å². The van der Waals surface area contributed by atoms with Crippen LogP contribution in [0.5, 0.6) is 5.75 Å². The summed E-state index contributed by atoms with van der Waals surface area (Å²) in [6, 6.07) is 7.40. The summed E-state index contributed by atoms with van der Waals surface area (Å²) in [7, 11) is 1.63. The number of amides is 2. The highest BCUT2D eigenvalue weighted by Gasteiger charge is 2.36. The van der Waals surface area contributed by atoms with Gasteiger partial charge in [0.15, 0.2) is 0 Å². The van der Waals surface area contributed by atoms with Crippen molar-refractivity contribution in [3.05, 3.63) is 29.8 Å². The van der Waals surface area contributed by atoms with Crippen molar-refractivity contribution in [2.24, 2.45) is 0 Å². The van der Waals surface area contributed by atoms with Crippen molar-refractivity contribution in [2.75, 3.05) is 33.4 Å². The normalized spacial score (nSPS) is 22.2. The average molecular weight is 346 g/mol. The van der Waals surface area contributed by atoms with Gasteiger partial charge in [-0.1, -0.05) is 19.1 Å². The van der Waals surface area contributed by atoms with E-state index in [2.05, 4.69) is 0 Å². The second-order valence-electron chi connectivity index (χ2n) is 6.54. The molecule has 2 fully saturated rings. The van der Waals surface area contributed by atoms with E-state index in [1.807, 2.05) is 36.1 Å². The minimum Gasteiger partial charge on any atom is -0.497 e. The third kappa shape index (κ3) is 3.79. The average Bonchev–Trinajstić information content (AvgIpc) is 3.08. The first kappa shape index (κ1) is 17.7. The maximum atomic E-state index is 13.0. The first-order valence-corrected chi connectivity index (χ1v) is 8.97. The highest BCUT2D eigenvalue weighted by molar-refractivity contribution is 5.88. The highest BCUT2D eigenvalue weighted by atomic mass is 16.5. The monoisotopic (exact) mass is 346 g/mol. The van der Waals surface area contributed by atoms with Gasteiger partial charge in [0, 0.05) is 19.5 Å². The van der Waals surface area contributed by atoms with Crippen molar-refractivity contribution in [1.82, 2.24) is 9.80 Å². The summed E-state index contributed by atoms with van der Waals surface area (Å²) in [5, 5.41) is 0. The number of morpholine rings is 1. The molecule has 2 heterocycles. The zero-order chi connectivity index (χ0) is 17.8. The fourth-order valence-corrected chi connectivity index (χ4v) is 3.63. The van der Waals surface area contributed by atoms with Gasteiger partial charge in [-0.3, -0.25) is 9.59 Å². The summed E-state index contributed by atoms with van der Waals surface area (Å²) in [5.74, 6) is 0.908. The van der Waals surface area contributed by atoms with Gasteiger partial charge in [0.05, 0.1) is 20.3 Å². The van der Waals surface area contributed by atoms with Crippen LogP contribution in [0.2, 0.25) is 0 Å². The minimum atomic E-state index is -0.348. The number of nitrogens with zero attached hydrogens (tertiary/aromatic N) is 2. The zero-order valence-corrected chi connectivity index (χ0v) is 14.9. The van der Waals surface area contributed by atoms with Gasteiger partial charge in [-0.05, 0) is 30.5 Å². The molecule has 2 atom stereocenters. The molecule has 2 aliphatic rings. The van der Waals surface area contributed by atoms with Crippen LogP contribution in [0.3, 0.4) is 0 Å². The Balaban J connectivity index is 1.71. The summed E-state index contributed by atoms with van der Waals surface area (Å²) in [5.41, 5.74) is 1.00. The predicted molar refractivity (Wildman–Crippen MR) is 93.3 cm³/mol. The molecule has 0 aliphatic carbocycles. The molecule has 6 nitrogen and oxygen atoms in total. The van der Waals surface area contributed by atoms with Crippen LogP contribution in [0.4, 0.5) is 0 Å². The number of carbonyl (C=O) groups is 2. The van der Waals surface area contributed by atoms with Crippen LogP contribution in [0.1, 0.15) is 37.9 Å². The van der Waals surface area contributed by atoms with Gasteiger partial charge in [0.25, 0.3) is 0 Å². The van der Waals surface area contributed by atoms with Crippen LogP contribution >= 0.6 is 0 Å². The maximum Gasteiger partial charge on any atom is 0.245 e. The quantitative estimate of drug-likeness (QED) is 0.818. The summed E-state index contributed by atoms with van der Waals surface area (Å²) in [6.07, 6.45) is 1.88. The molecule has 1 aromatic carbocycles. The molecule has 0 radical (unpaired) electrons. The molecule has 1 aromatic rings.